The Kier molecular flexibility index (Phi) is 4.58. The molecule has 0 saturated heterocycles. The summed E-state index contributed by atoms with van der Waals surface area (Å²) in [5.41, 5.74) is 2.51. The van der Waals surface area contributed by atoms with Crippen molar-refractivity contribution in [2.24, 2.45) is 11.3 Å². The fourth-order valence-electron chi connectivity index (χ4n) is 3.87. The highest BCUT2D eigenvalue weighted by Gasteiger charge is 2.25. The van der Waals surface area contributed by atoms with Crippen molar-refractivity contribution < 1.29 is 8.78 Å². The Hall–Kier alpha value is -2.49. The Morgan fingerprint density at radius 1 is 1.07 bits per heavy atom. The molecule has 4 rings (SSSR count). The molecule has 1 fully saturated rings. The normalized spacial score (nSPS) is 17.8. The highest BCUT2D eigenvalue weighted by Crippen LogP contribution is 2.38. The van der Waals surface area contributed by atoms with E-state index in [9.17, 15) is 8.78 Å². The Morgan fingerprint density at radius 3 is 2.48 bits per heavy atom. The van der Waals surface area contributed by atoms with E-state index in [1.807, 2.05) is 12.1 Å². The smallest absolute Gasteiger partial charge is 0.133 e. The third kappa shape index (κ3) is 3.80. The number of aromatic nitrogens is 2. The van der Waals surface area contributed by atoms with Gasteiger partial charge in [-0.1, -0.05) is 32.1 Å². The van der Waals surface area contributed by atoms with E-state index >= 15 is 0 Å². The number of halogens is 2. The van der Waals surface area contributed by atoms with Crippen LogP contribution in [-0.2, 0) is 0 Å². The van der Waals surface area contributed by atoms with E-state index in [-0.39, 0.29) is 5.56 Å². The summed E-state index contributed by atoms with van der Waals surface area (Å²) in [5, 5.41) is 0. The first-order valence-electron chi connectivity index (χ1n) is 9.54. The van der Waals surface area contributed by atoms with Gasteiger partial charge < -0.3 is 4.98 Å². The third-order valence-corrected chi connectivity index (χ3v) is 5.66. The van der Waals surface area contributed by atoms with Crippen LogP contribution in [0.15, 0.2) is 42.5 Å². The second-order valence-electron chi connectivity index (χ2n) is 8.31. The van der Waals surface area contributed by atoms with Crippen molar-refractivity contribution in [3.8, 4) is 11.1 Å². The lowest BCUT2D eigenvalue weighted by atomic mass is 9.73. The fourth-order valence-corrected chi connectivity index (χ4v) is 3.87. The van der Waals surface area contributed by atoms with Crippen molar-refractivity contribution in [1.82, 2.24) is 9.97 Å². The van der Waals surface area contributed by atoms with Gasteiger partial charge in [0.15, 0.2) is 0 Å². The van der Waals surface area contributed by atoms with Gasteiger partial charge in [-0.05, 0) is 72.9 Å². The first kappa shape index (κ1) is 17.9. The van der Waals surface area contributed by atoms with Crippen LogP contribution in [-0.4, -0.2) is 9.97 Å². The maximum atomic E-state index is 14.0. The van der Waals surface area contributed by atoms with E-state index in [0.29, 0.717) is 22.4 Å². The van der Waals surface area contributed by atoms with E-state index in [2.05, 4.69) is 29.9 Å². The minimum Gasteiger partial charge on any atom is -0.338 e. The van der Waals surface area contributed by atoms with Crippen LogP contribution in [0.3, 0.4) is 0 Å². The molecule has 1 aromatic heterocycles. The molecule has 0 spiro atoms. The molecule has 1 heterocycles. The zero-order valence-electron chi connectivity index (χ0n) is 15.7. The fraction of sp³-hybridized carbons (Fsp3) is 0.348. The van der Waals surface area contributed by atoms with Gasteiger partial charge in [-0.15, -0.1) is 0 Å². The van der Waals surface area contributed by atoms with Gasteiger partial charge in [0.05, 0.1) is 16.6 Å². The number of benzene rings is 2. The predicted molar refractivity (Wildman–Crippen MR) is 106 cm³/mol. The quantitative estimate of drug-likeness (QED) is 0.546. The van der Waals surface area contributed by atoms with Crippen molar-refractivity contribution >= 4 is 17.1 Å². The van der Waals surface area contributed by atoms with E-state index in [0.717, 1.165) is 11.3 Å². The molecule has 27 heavy (non-hydrogen) atoms. The van der Waals surface area contributed by atoms with Crippen LogP contribution in [0.1, 0.15) is 45.4 Å². The molecule has 1 saturated carbocycles. The number of aromatic amines is 1. The number of nitrogens with zero attached hydrogens (tertiary/aromatic N) is 1. The number of hydrogen-bond donors (Lipinski definition) is 1. The van der Waals surface area contributed by atoms with Gasteiger partial charge in [0.1, 0.15) is 17.5 Å². The average Bonchev–Trinajstić information content (AvgIpc) is 3.03. The topological polar surface area (TPSA) is 28.7 Å². The van der Waals surface area contributed by atoms with E-state index in [1.165, 1.54) is 43.9 Å². The van der Waals surface area contributed by atoms with E-state index in [4.69, 9.17) is 0 Å². The lowest BCUT2D eigenvalue weighted by Crippen LogP contribution is -2.20. The molecule has 0 aliphatic heterocycles. The SMILES string of the molecule is CC1(C)CCC(C=Cc2nc3cc(-c4c(F)cccc4F)ccc3[nH]2)CC1. The Morgan fingerprint density at radius 2 is 1.78 bits per heavy atom. The second kappa shape index (κ2) is 6.91. The monoisotopic (exact) mass is 366 g/mol. The predicted octanol–water partition coefficient (Wildman–Crippen LogP) is 6.74. The summed E-state index contributed by atoms with van der Waals surface area (Å²) in [6.07, 6.45) is 9.19. The molecular weight excluding hydrogens is 342 g/mol. The van der Waals surface area contributed by atoms with Gasteiger partial charge in [0.2, 0.25) is 0 Å². The zero-order valence-corrected chi connectivity index (χ0v) is 15.7. The number of nitrogens with one attached hydrogen (secondary N) is 1. The van der Waals surface area contributed by atoms with Crippen LogP contribution < -0.4 is 0 Å². The van der Waals surface area contributed by atoms with Crippen molar-refractivity contribution in [3.63, 3.8) is 0 Å². The molecule has 0 radical (unpaired) electrons. The number of allylic oxidation sites excluding steroid dienone is 1. The number of fused-ring (bicyclic) bond motifs is 1. The number of H-pyrrole nitrogens is 1. The largest absolute Gasteiger partial charge is 0.338 e. The van der Waals surface area contributed by atoms with E-state index < -0.39 is 11.6 Å². The van der Waals surface area contributed by atoms with Crippen LogP contribution in [0.4, 0.5) is 8.78 Å². The molecule has 4 heteroatoms. The van der Waals surface area contributed by atoms with Crippen molar-refractivity contribution in [2.45, 2.75) is 39.5 Å². The number of imidazole rings is 1. The summed E-state index contributed by atoms with van der Waals surface area (Å²) in [5.74, 6) is 0.241. The number of hydrogen-bond acceptors (Lipinski definition) is 1. The lowest BCUT2D eigenvalue weighted by molar-refractivity contribution is 0.214. The van der Waals surface area contributed by atoms with Gasteiger partial charge >= 0.3 is 0 Å². The van der Waals surface area contributed by atoms with Gasteiger partial charge in [-0.25, -0.2) is 13.8 Å². The minimum atomic E-state index is -0.565. The number of rotatable bonds is 3. The van der Waals surface area contributed by atoms with Crippen LogP contribution in [0.2, 0.25) is 0 Å². The molecule has 1 aliphatic rings. The van der Waals surface area contributed by atoms with E-state index in [1.54, 1.807) is 12.1 Å². The molecule has 2 aromatic carbocycles. The second-order valence-corrected chi connectivity index (χ2v) is 8.31. The van der Waals surface area contributed by atoms with Gasteiger partial charge in [-0.3, -0.25) is 0 Å². The first-order chi connectivity index (χ1) is 12.9. The molecule has 2 nitrogen and oxygen atoms in total. The molecule has 1 aliphatic carbocycles. The Labute approximate surface area is 158 Å². The van der Waals surface area contributed by atoms with Crippen molar-refractivity contribution in [1.29, 1.82) is 0 Å². The Bertz CT molecular complexity index is 971. The van der Waals surface area contributed by atoms with Crippen LogP contribution in [0.25, 0.3) is 28.2 Å². The standard InChI is InChI=1S/C23H24F2N2/c1-23(2)12-10-15(11-13-23)6-9-21-26-19-8-7-16(14-20(19)27-21)22-17(24)4-3-5-18(22)25/h3-9,14-15H,10-13H2,1-2H3,(H,26,27). The molecule has 0 bridgehead atoms. The molecule has 1 N–H and O–H groups in total. The molecular formula is C23H24F2N2. The Balaban J connectivity index is 1.57. The van der Waals surface area contributed by atoms with Gasteiger partial charge in [0.25, 0.3) is 0 Å². The summed E-state index contributed by atoms with van der Waals surface area (Å²) >= 11 is 0. The molecule has 0 unspecified atom stereocenters. The summed E-state index contributed by atoms with van der Waals surface area (Å²) in [7, 11) is 0. The summed E-state index contributed by atoms with van der Waals surface area (Å²) in [4.78, 5) is 7.86. The third-order valence-electron chi connectivity index (χ3n) is 5.66. The minimum absolute atomic E-state index is 0.00990. The highest BCUT2D eigenvalue weighted by molar-refractivity contribution is 5.83. The van der Waals surface area contributed by atoms with Crippen LogP contribution in [0, 0.1) is 23.0 Å². The van der Waals surface area contributed by atoms with Gasteiger partial charge in [0, 0.05) is 0 Å². The highest BCUT2D eigenvalue weighted by atomic mass is 19.1. The van der Waals surface area contributed by atoms with Crippen molar-refractivity contribution in [2.75, 3.05) is 0 Å². The maximum absolute atomic E-state index is 14.0. The molecule has 0 atom stereocenters. The molecule has 3 aromatic rings. The summed E-state index contributed by atoms with van der Waals surface area (Å²) in [6, 6.07) is 9.19. The molecule has 0 amide bonds. The summed E-state index contributed by atoms with van der Waals surface area (Å²) < 4.78 is 28.1. The van der Waals surface area contributed by atoms with Gasteiger partial charge in [-0.2, -0.15) is 0 Å². The van der Waals surface area contributed by atoms with Crippen LogP contribution in [0.5, 0.6) is 0 Å². The first-order valence-corrected chi connectivity index (χ1v) is 9.54. The van der Waals surface area contributed by atoms with Crippen molar-refractivity contribution in [3.05, 3.63) is 59.9 Å². The average molecular weight is 366 g/mol. The van der Waals surface area contributed by atoms with Crippen LogP contribution >= 0.6 is 0 Å². The zero-order chi connectivity index (χ0) is 19.0. The molecule has 140 valence electrons. The summed E-state index contributed by atoms with van der Waals surface area (Å²) in [6.45, 7) is 4.67. The lowest BCUT2D eigenvalue weighted by Gasteiger charge is -2.32. The maximum Gasteiger partial charge on any atom is 0.133 e.